The summed E-state index contributed by atoms with van der Waals surface area (Å²) in [6.45, 7) is 11.8. The van der Waals surface area contributed by atoms with E-state index >= 15 is 0 Å². The van der Waals surface area contributed by atoms with Crippen LogP contribution >= 0.6 is 0 Å². The number of hydrogen-bond donors (Lipinski definition) is 1. The summed E-state index contributed by atoms with van der Waals surface area (Å²) in [4.78, 5) is 18.1. The molecule has 0 amide bonds. The number of pyridine rings is 1. The highest BCUT2D eigenvalue weighted by molar-refractivity contribution is 5.91. The van der Waals surface area contributed by atoms with Gasteiger partial charge in [-0.05, 0) is 46.9 Å². The first-order chi connectivity index (χ1) is 17.4. The Morgan fingerprint density at radius 2 is 1.67 bits per heavy atom. The van der Waals surface area contributed by atoms with Crippen LogP contribution in [0, 0.1) is 0 Å². The Kier molecular flexibility index (Phi) is 5.73. The van der Waals surface area contributed by atoms with Crippen molar-refractivity contribution in [2.75, 3.05) is 31.1 Å². The van der Waals surface area contributed by atoms with Gasteiger partial charge in [0, 0.05) is 49.9 Å². The van der Waals surface area contributed by atoms with Gasteiger partial charge in [-0.2, -0.15) is 0 Å². The lowest BCUT2D eigenvalue weighted by Crippen LogP contribution is -2.46. The van der Waals surface area contributed by atoms with Crippen LogP contribution in [-0.2, 0) is 12.0 Å². The molecule has 0 unspecified atom stereocenters. The summed E-state index contributed by atoms with van der Waals surface area (Å²) >= 11 is 0. The minimum Gasteiger partial charge on any atom is -0.367 e. The van der Waals surface area contributed by atoms with Gasteiger partial charge in [0.05, 0.1) is 16.7 Å². The van der Waals surface area contributed by atoms with Crippen LogP contribution in [0.25, 0.3) is 33.3 Å². The molecule has 5 aromatic rings. The molecule has 2 aromatic heterocycles. The molecule has 0 saturated carbocycles. The fraction of sp³-hybridized carbons (Fsp3) is 0.290. The third-order valence-electron chi connectivity index (χ3n) is 7.30. The second kappa shape index (κ2) is 9.07. The maximum Gasteiger partial charge on any atom is 0.138 e. The quantitative estimate of drug-likeness (QED) is 0.327. The van der Waals surface area contributed by atoms with Crippen LogP contribution < -0.4 is 4.90 Å². The highest BCUT2D eigenvalue weighted by Gasteiger charge is 2.21. The van der Waals surface area contributed by atoms with Gasteiger partial charge in [-0.3, -0.25) is 9.88 Å². The summed E-state index contributed by atoms with van der Waals surface area (Å²) in [7, 11) is 0. The molecule has 5 nitrogen and oxygen atoms in total. The Morgan fingerprint density at radius 3 is 2.44 bits per heavy atom. The van der Waals surface area contributed by atoms with Gasteiger partial charge >= 0.3 is 0 Å². The highest BCUT2D eigenvalue weighted by Crippen LogP contribution is 2.30. The molecule has 3 heterocycles. The molecule has 0 aliphatic carbocycles. The van der Waals surface area contributed by atoms with E-state index < -0.39 is 0 Å². The monoisotopic (exact) mass is 475 g/mol. The molecule has 0 spiro atoms. The molecule has 0 atom stereocenters. The predicted molar refractivity (Wildman–Crippen MR) is 149 cm³/mol. The molecule has 6 rings (SSSR count). The molecule has 36 heavy (non-hydrogen) atoms. The molecule has 5 heteroatoms. The van der Waals surface area contributed by atoms with E-state index in [1.165, 1.54) is 22.2 Å². The summed E-state index contributed by atoms with van der Waals surface area (Å²) in [5, 5.41) is 1.21. The van der Waals surface area contributed by atoms with E-state index in [1.807, 2.05) is 12.3 Å². The second-order valence-electron chi connectivity index (χ2n) is 10.9. The lowest BCUT2D eigenvalue weighted by atomic mass is 9.87. The molecule has 1 fully saturated rings. The Hall–Kier alpha value is -3.70. The number of nitrogens with one attached hydrogen (secondary N) is 1. The summed E-state index contributed by atoms with van der Waals surface area (Å²) in [5.74, 6) is 0.933. The van der Waals surface area contributed by atoms with Gasteiger partial charge in [0.25, 0.3) is 0 Å². The largest absolute Gasteiger partial charge is 0.367 e. The lowest BCUT2D eigenvalue weighted by molar-refractivity contribution is 0.250. The molecular formula is C31H33N5. The number of para-hydroxylation sites is 1. The van der Waals surface area contributed by atoms with Crippen LogP contribution in [0.15, 0.2) is 79.0 Å². The van der Waals surface area contributed by atoms with E-state index in [2.05, 4.69) is 107 Å². The summed E-state index contributed by atoms with van der Waals surface area (Å²) in [5.41, 5.74) is 8.38. The zero-order chi connectivity index (χ0) is 24.7. The molecule has 0 bridgehead atoms. The molecule has 1 N–H and O–H groups in total. The summed E-state index contributed by atoms with van der Waals surface area (Å²) in [6.07, 6.45) is 1.85. The smallest absolute Gasteiger partial charge is 0.138 e. The molecule has 1 aliphatic rings. The number of aromatic amines is 1. The van der Waals surface area contributed by atoms with Crippen molar-refractivity contribution >= 4 is 27.6 Å². The van der Waals surface area contributed by atoms with Gasteiger partial charge in [-0.1, -0.05) is 63.2 Å². The highest BCUT2D eigenvalue weighted by atomic mass is 15.3. The van der Waals surface area contributed by atoms with Crippen LogP contribution in [0.1, 0.15) is 31.9 Å². The summed E-state index contributed by atoms with van der Waals surface area (Å²) < 4.78 is 0. The number of H-pyrrole nitrogens is 1. The lowest BCUT2D eigenvalue weighted by Gasteiger charge is -2.36. The normalized spacial score (nSPS) is 15.1. The van der Waals surface area contributed by atoms with Gasteiger partial charge in [0.15, 0.2) is 0 Å². The van der Waals surface area contributed by atoms with Crippen molar-refractivity contribution in [1.29, 1.82) is 0 Å². The number of hydrogen-bond acceptors (Lipinski definition) is 4. The fourth-order valence-electron chi connectivity index (χ4n) is 5.17. The molecule has 182 valence electrons. The first kappa shape index (κ1) is 22.7. The van der Waals surface area contributed by atoms with E-state index in [4.69, 9.17) is 4.98 Å². The molecule has 1 saturated heterocycles. The Balaban J connectivity index is 1.17. The first-order valence-corrected chi connectivity index (χ1v) is 12.8. The summed E-state index contributed by atoms with van der Waals surface area (Å²) in [6, 6.07) is 26.0. The van der Waals surface area contributed by atoms with E-state index in [9.17, 15) is 0 Å². The number of piperazine rings is 1. The maximum atomic E-state index is 5.05. The van der Waals surface area contributed by atoms with Crippen molar-refractivity contribution < 1.29 is 0 Å². The fourth-order valence-corrected chi connectivity index (χ4v) is 5.17. The number of anilines is 1. The topological polar surface area (TPSA) is 48.1 Å². The third-order valence-corrected chi connectivity index (χ3v) is 7.30. The number of imidazole rings is 1. The van der Waals surface area contributed by atoms with Crippen molar-refractivity contribution in [2.45, 2.75) is 32.7 Å². The van der Waals surface area contributed by atoms with E-state index in [1.54, 1.807) is 0 Å². The SMILES string of the molecule is CC(C)(C)c1ccc(-c2nc3c(N4CCN(Cc5ccc6ncccc6c5)CC4)cccc3[nH]2)cc1. The number of benzene rings is 3. The Morgan fingerprint density at radius 1 is 0.861 bits per heavy atom. The van der Waals surface area contributed by atoms with Gasteiger partial charge in [-0.15, -0.1) is 0 Å². The zero-order valence-corrected chi connectivity index (χ0v) is 21.3. The maximum absolute atomic E-state index is 5.05. The minimum atomic E-state index is 0.146. The van der Waals surface area contributed by atoms with Crippen LogP contribution in [0.5, 0.6) is 0 Å². The third kappa shape index (κ3) is 4.47. The second-order valence-corrected chi connectivity index (χ2v) is 10.9. The molecule has 0 radical (unpaired) electrons. The molecule has 3 aromatic carbocycles. The van der Waals surface area contributed by atoms with Gasteiger partial charge in [0.2, 0.25) is 0 Å². The number of rotatable bonds is 4. The average Bonchev–Trinajstić information content (AvgIpc) is 3.33. The Labute approximate surface area is 212 Å². The van der Waals surface area contributed by atoms with Crippen molar-refractivity contribution in [3.8, 4) is 11.4 Å². The van der Waals surface area contributed by atoms with Gasteiger partial charge in [0.1, 0.15) is 11.3 Å². The zero-order valence-electron chi connectivity index (χ0n) is 21.3. The number of aromatic nitrogens is 3. The van der Waals surface area contributed by atoms with Crippen molar-refractivity contribution in [1.82, 2.24) is 19.9 Å². The van der Waals surface area contributed by atoms with Crippen molar-refractivity contribution in [2.24, 2.45) is 0 Å². The Bertz CT molecular complexity index is 1500. The van der Waals surface area contributed by atoms with Crippen LogP contribution in [0.4, 0.5) is 5.69 Å². The van der Waals surface area contributed by atoms with E-state index in [0.29, 0.717) is 0 Å². The first-order valence-electron chi connectivity index (χ1n) is 12.8. The standard InChI is InChI=1S/C31H33N5/c1-31(2,3)25-12-10-23(11-13-25)30-33-27-7-4-8-28(29(27)34-30)36-18-16-35(17-19-36)21-22-9-14-26-24(20-22)6-5-15-32-26/h4-15,20H,16-19,21H2,1-3H3,(H,33,34). The van der Waals surface area contributed by atoms with Crippen LogP contribution in [-0.4, -0.2) is 46.0 Å². The average molecular weight is 476 g/mol. The van der Waals surface area contributed by atoms with Gasteiger partial charge < -0.3 is 9.88 Å². The van der Waals surface area contributed by atoms with Crippen LogP contribution in [0.3, 0.4) is 0 Å². The van der Waals surface area contributed by atoms with Crippen LogP contribution in [0.2, 0.25) is 0 Å². The number of fused-ring (bicyclic) bond motifs is 2. The van der Waals surface area contributed by atoms with E-state index in [0.717, 1.165) is 60.7 Å². The number of nitrogens with zero attached hydrogens (tertiary/aromatic N) is 4. The predicted octanol–water partition coefficient (Wildman–Crippen LogP) is 6.40. The van der Waals surface area contributed by atoms with Gasteiger partial charge in [-0.25, -0.2) is 4.98 Å². The molecular weight excluding hydrogens is 442 g/mol. The molecule has 1 aliphatic heterocycles. The van der Waals surface area contributed by atoms with Crippen molar-refractivity contribution in [3.63, 3.8) is 0 Å². The van der Waals surface area contributed by atoms with E-state index in [-0.39, 0.29) is 5.41 Å². The minimum absolute atomic E-state index is 0.146. The van der Waals surface area contributed by atoms with Crippen molar-refractivity contribution in [3.05, 3.63) is 90.1 Å².